The van der Waals surface area contributed by atoms with E-state index in [0.717, 1.165) is 0 Å². The first kappa shape index (κ1) is 32.7. The van der Waals surface area contributed by atoms with Crippen LogP contribution in [0.4, 0.5) is 17.1 Å². The van der Waals surface area contributed by atoms with Gasteiger partial charge in [0.15, 0.2) is 0 Å². The van der Waals surface area contributed by atoms with Gasteiger partial charge < -0.3 is 4.90 Å². The number of anilines is 3. The van der Waals surface area contributed by atoms with E-state index in [9.17, 15) is 0 Å². The Hall–Kier alpha value is -5.70. The van der Waals surface area contributed by atoms with Crippen LogP contribution in [0.2, 0.25) is 0 Å². The third-order valence-electron chi connectivity index (χ3n) is 12.8. The predicted molar refractivity (Wildman–Crippen MR) is 238 cm³/mol. The number of rotatable bonds is 5. The summed E-state index contributed by atoms with van der Waals surface area (Å²) in [5, 5.41) is 7.74. The Morgan fingerprint density at radius 2 is 1.13 bits per heavy atom. The lowest BCUT2D eigenvalue weighted by molar-refractivity contribution is 0.444. The fourth-order valence-electron chi connectivity index (χ4n) is 10.0. The van der Waals surface area contributed by atoms with Crippen LogP contribution >= 0.6 is 11.3 Å². The van der Waals surface area contributed by atoms with Gasteiger partial charge in [-0.25, -0.2) is 0 Å². The molecule has 0 saturated heterocycles. The summed E-state index contributed by atoms with van der Waals surface area (Å²) < 4.78 is 2.74. The van der Waals surface area contributed by atoms with Crippen LogP contribution in [0, 0.1) is 0 Å². The molecule has 1 nitrogen and oxygen atoms in total. The normalized spacial score (nSPS) is 15.2. The lowest BCUT2D eigenvalue weighted by Crippen LogP contribution is -2.17. The van der Waals surface area contributed by atoms with Crippen LogP contribution in [-0.4, -0.2) is 0 Å². The van der Waals surface area contributed by atoms with E-state index >= 15 is 0 Å². The van der Waals surface area contributed by atoms with Crippen LogP contribution in [-0.2, 0) is 5.41 Å². The maximum absolute atomic E-state index is 2.54. The number of nitrogens with zero attached hydrogens (tertiary/aromatic N) is 1. The first-order valence-corrected chi connectivity index (χ1v) is 20.9. The summed E-state index contributed by atoms with van der Waals surface area (Å²) >= 11 is 1.95. The number of fused-ring (bicyclic) bond motifs is 8. The van der Waals surface area contributed by atoms with Crippen molar-refractivity contribution in [2.24, 2.45) is 0 Å². The van der Waals surface area contributed by atoms with E-state index in [1.807, 2.05) is 11.3 Å². The molecule has 0 bridgehead atoms. The second-order valence-electron chi connectivity index (χ2n) is 16.3. The van der Waals surface area contributed by atoms with Gasteiger partial charge in [0.2, 0.25) is 0 Å². The number of benzene rings is 8. The Kier molecular flexibility index (Phi) is 7.54. The van der Waals surface area contributed by atoms with Gasteiger partial charge in [-0.2, -0.15) is 0 Å². The van der Waals surface area contributed by atoms with E-state index in [4.69, 9.17) is 0 Å². The fourth-order valence-corrected chi connectivity index (χ4v) is 11.2. The van der Waals surface area contributed by atoms with Gasteiger partial charge in [-0.1, -0.05) is 154 Å². The molecule has 2 heteroatoms. The molecule has 9 aromatic rings. The van der Waals surface area contributed by atoms with E-state index in [1.165, 1.54) is 130 Å². The van der Waals surface area contributed by atoms with Crippen LogP contribution in [0.3, 0.4) is 0 Å². The highest BCUT2D eigenvalue weighted by molar-refractivity contribution is 7.25. The zero-order chi connectivity index (χ0) is 36.7. The Morgan fingerprint density at radius 3 is 1.98 bits per heavy atom. The molecule has 266 valence electrons. The molecule has 0 spiro atoms. The number of hydrogen-bond acceptors (Lipinski definition) is 2. The molecule has 0 aliphatic heterocycles. The van der Waals surface area contributed by atoms with Gasteiger partial charge in [0.1, 0.15) is 0 Å². The molecule has 2 aliphatic rings. The second kappa shape index (κ2) is 12.7. The molecule has 0 radical (unpaired) electrons. The van der Waals surface area contributed by atoms with Crippen molar-refractivity contribution in [2.45, 2.75) is 57.3 Å². The van der Waals surface area contributed by atoms with Crippen molar-refractivity contribution in [3.05, 3.63) is 174 Å². The molecule has 1 saturated carbocycles. The van der Waals surface area contributed by atoms with E-state index in [1.54, 1.807) is 0 Å². The molecular weight excluding hydrogens is 683 g/mol. The standard InChI is InChI=1S/C53H43NS/c1-53(2)47-22-11-10-20-42(47)43-28-25-38(32-48(43)53)54(39-26-29-45-44-27-23-37(34-13-4-3-5-14-34)31-50(44)55-51(45)33-39)49-30-24-36-16-7-9-19-41(36)52(49)46-21-12-17-35-15-6-8-18-40(35)46/h6-12,15-34H,3-5,13-14H2,1-2H3. The molecule has 2 aliphatic carbocycles. The maximum atomic E-state index is 2.54. The number of thiophene rings is 1. The quantitative estimate of drug-likeness (QED) is 0.171. The number of hydrogen-bond donors (Lipinski definition) is 0. The smallest absolute Gasteiger partial charge is 0.0546 e. The monoisotopic (exact) mass is 725 g/mol. The third-order valence-corrected chi connectivity index (χ3v) is 14.0. The third kappa shape index (κ3) is 5.19. The summed E-state index contributed by atoms with van der Waals surface area (Å²) in [7, 11) is 0. The molecule has 1 aromatic heterocycles. The average Bonchev–Trinajstić information content (AvgIpc) is 3.71. The van der Waals surface area contributed by atoms with Gasteiger partial charge >= 0.3 is 0 Å². The fraction of sp³-hybridized carbons (Fsp3) is 0.170. The van der Waals surface area contributed by atoms with Crippen molar-refractivity contribution in [3.63, 3.8) is 0 Å². The first-order chi connectivity index (χ1) is 27.0. The molecule has 0 unspecified atom stereocenters. The molecule has 1 fully saturated rings. The van der Waals surface area contributed by atoms with E-state index < -0.39 is 0 Å². The summed E-state index contributed by atoms with van der Waals surface area (Å²) in [5.41, 5.74) is 12.9. The highest BCUT2D eigenvalue weighted by Crippen LogP contribution is 2.53. The maximum Gasteiger partial charge on any atom is 0.0546 e. The zero-order valence-electron chi connectivity index (χ0n) is 31.5. The SMILES string of the molecule is CC1(C)c2ccccc2-c2ccc(N(c3ccc4c(c3)sc3cc(C5CCCCC5)ccc34)c3ccc4ccccc4c3-c3cccc4ccccc34)cc21. The Labute approximate surface area is 327 Å². The van der Waals surface area contributed by atoms with Gasteiger partial charge in [0, 0.05) is 42.5 Å². The van der Waals surface area contributed by atoms with Crippen molar-refractivity contribution in [2.75, 3.05) is 4.90 Å². The minimum atomic E-state index is -0.110. The Balaban J connectivity index is 1.16. The predicted octanol–water partition coefficient (Wildman–Crippen LogP) is 15.9. The van der Waals surface area contributed by atoms with Gasteiger partial charge in [-0.15, -0.1) is 11.3 Å². The van der Waals surface area contributed by atoms with Gasteiger partial charge in [0.25, 0.3) is 0 Å². The summed E-state index contributed by atoms with van der Waals surface area (Å²) in [6.07, 6.45) is 6.74. The van der Waals surface area contributed by atoms with Gasteiger partial charge in [0.05, 0.1) is 5.69 Å². The highest BCUT2D eigenvalue weighted by Gasteiger charge is 2.36. The summed E-state index contributed by atoms with van der Waals surface area (Å²) in [4.78, 5) is 2.54. The molecule has 8 aromatic carbocycles. The summed E-state index contributed by atoms with van der Waals surface area (Å²) in [5.74, 6) is 0.699. The van der Waals surface area contributed by atoms with Crippen LogP contribution in [0.1, 0.15) is 68.6 Å². The van der Waals surface area contributed by atoms with Gasteiger partial charge in [-0.3, -0.25) is 0 Å². The van der Waals surface area contributed by atoms with E-state index in [2.05, 4.69) is 176 Å². The average molecular weight is 726 g/mol. The van der Waals surface area contributed by atoms with E-state index in [0.29, 0.717) is 5.92 Å². The van der Waals surface area contributed by atoms with Crippen molar-refractivity contribution in [1.29, 1.82) is 0 Å². The molecule has 1 heterocycles. The topological polar surface area (TPSA) is 3.24 Å². The first-order valence-electron chi connectivity index (χ1n) is 20.0. The Morgan fingerprint density at radius 1 is 0.491 bits per heavy atom. The van der Waals surface area contributed by atoms with Crippen LogP contribution in [0.25, 0.3) is 64.0 Å². The zero-order valence-corrected chi connectivity index (χ0v) is 32.3. The highest BCUT2D eigenvalue weighted by atomic mass is 32.1. The van der Waals surface area contributed by atoms with Crippen LogP contribution in [0.15, 0.2) is 158 Å². The lowest BCUT2D eigenvalue weighted by Gasteiger charge is -2.30. The lowest BCUT2D eigenvalue weighted by atomic mass is 9.82. The van der Waals surface area contributed by atoms with E-state index in [-0.39, 0.29) is 5.41 Å². The van der Waals surface area contributed by atoms with Gasteiger partial charge in [-0.05, 0) is 110 Å². The largest absolute Gasteiger partial charge is 0.310 e. The van der Waals surface area contributed by atoms with Crippen molar-refractivity contribution >= 4 is 70.1 Å². The molecule has 0 amide bonds. The minimum absolute atomic E-state index is 0.110. The van der Waals surface area contributed by atoms with Crippen molar-refractivity contribution in [1.82, 2.24) is 0 Å². The summed E-state index contributed by atoms with van der Waals surface area (Å²) in [6, 6.07) is 59.8. The Bertz CT molecular complexity index is 2950. The molecular formula is C53H43NS. The molecule has 0 atom stereocenters. The summed E-state index contributed by atoms with van der Waals surface area (Å²) in [6.45, 7) is 4.77. The minimum Gasteiger partial charge on any atom is -0.310 e. The molecule has 55 heavy (non-hydrogen) atoms. The van der Waals surface area contributed by atoms with Crippen molar-refractivity contribution < 1.29 is 0 Å². The van der Waals surface area contributed by atoms with Crippen LogP contribution < -0.4 is 4.90 Å². The van der Waals surface area contributed by atoms with Crippen LogP contribution in [0.5, 0.6) is 0 Å². The molecule has 11 rings (SSSR count). The van der Waals surface area contributed by atoms with Crippen molar-refractivity contribution in [3.8, 4) is 22.3 Å². The second-order valence-corrected chi connectivity index (χ2v) is 17.4. The molecule has 0 N–H and O–H groups in total.